The van der Waals surface area contributed by atoms with Crippen LogP contribution >= 0.6 is 11.8 Å². The number of halogens is 3. The van der Waals surface area contributed by atoms with Crippen molar-refractivity contribution in [1.82, 2.24) is 20.2 Å². The van der Waals surface area contributed by atoms with Gasteiger partial charge < -0.3 is 5.32 Å². The summed E-state index contributed by atoms with van der Waals surface area (Å²) in [6.45, 7) is 7.56. The number of alkyl halides is 3. The van der Waals surface area contributed by atoms with Crippen molar-refractivity contribution in [2.24, 2.45) is 5.92 Å². The lowest BCUT2D eigenvalue weighted by molar-refractivity contribution is -0.137. The van der Waals surface area contributed by atoms with Crippen LogP contribution in [0.5, 0.6) is 0 Å². The molecule has 140 valence electrons. The Morgan fingerprint density at radius 1 is 1.38 bits per heavy atom. The number of carbonyl (C=O) groups is 1. The van der Waals surface area contributed by atoms with E-state index in [-0.39, 0.29) is 11.6 Å². The van der Waals surface area contributed by atoms with Crippen LogP contribution in [0.1, 0.15) is 19.4 Å². The number of allylic oxidation sites excluding steroid dienone is 1. The molecule has 0 saturated heterocycles. The number of rotatable bonds is 7. The van der Waals surface area contributed by atoms with E-state index in [4.69, 9.17) is 0 Å². The molecule has 1 N–H and O–H groups in total. The molecule has 0 spiro atoms. The minimum atomic E-state index is -4.56. The van der Waals surface area contributed by atoms with Crippen LogP contribution in [0.2, 0.25) is 0 Å². The number of amides is 1. The summed E-state index contributed by atoms with van der Waals surface area (Å²) in [5, 5.41) is 13.3. The first-order chi connectivity index (χ1) is 12.2. The van der Waals surface area contributed by atoms with Gasteiger partial charge in [0.25, 0.3) is 0 Å². The van der Waals surface area contributed by atoms with Crippen LogP contribution in [0.4, 0.5) is 18.9 Å². The number of para-hydroxylation sites is 1. The van der Waals surface area contributed by atoms with Gasteiger partial charge in [0.2, 0.25) is 11.1 Å². The number of aromatic nitrogens is 4. The van der Waals surface area contributed by atoms with Crippen LogP contribution < -0.4 is 5.32 Å². The second-order valence-electron chi connectivity index (χ2n) is 5.75. The van der Waals surface area contributed by atoms with E-state index < -0.39 is 22.9 Å². The van der Waals surface area contributed by atoms with E-state index in [0.29, 0.717) is 11.7 Å². The predicted molar refractivity (Wildman–Crippen MR) is 92.6 cm³/mol. The number of anilines is 1. The molecule has 0 fully saturated rings. The normalized spacial score (nSPS) is 12.8. The Balaban J connectivity index is 2.22. The highest BCUT2D eigenvalue weighted by Crippen LogP contribution is 2.35. The van der Waals surface area contributed by atoms with E-state index in [1.807, 2.05) is 0 Å². The Hall–Kier alpha value is -2.36. The molecule has 6 nitrogen and oxygen atoms in total. The molecule has 1 aromatic heterocycles. The lowest BCUT2D eigenvalue weighted by Crippen LogP contribution is -2.31. The number of carbonyl (C=O) groups excluding carboxylic acids is 1. The Morgan fingerprint density at radius 2 is 2.08 bits per heavy atom. The smallest absolute Gasteiger partial charge is 0.325 e. The van der Waals surface area contributed by atoms with Crippen molar-refractivity contribution in [2.45, 2.75) is 37.0 Å². The van der Waals surface area contributed by atoms with Crippen molar-refractivity contribution >= 4 is 23.4 Å². The van der Waals surface area contributed by atoms with Crippen molar-refractivity contribution in [3.63, 3.8) is 0 Å². The van der Waals surface area contributed by atoms with Gasteiger partial charge in [0.1, 0.15) is 0 Å². The van der Waals surface area contributed by atoms with Crippen LogP contribution in [-0.4, -0.2) is 31.4 Å². The number of hydrogen-bond acceptors (Lipinski definition) is 5. The Kier molecular flexibility index (Phi) is 6.41. The lowest BCUT2D eigenvalue weighted by atomic mass is 10.1. The van der Waals surface area contributed by atoms with Crippen molar-refractivity contribution < 1.29 is 18.0 Å². The number of benzene rings is 1. The van der Waals surface area contributed by atoms with Crippen LogP contribution in [0.3, 0.4) is 0 Å². The molecule has 0 aliphatic heterocycles. The van der Waals surface area contributed by atoms with Gasteiger partial charge in [-0.2, -0.15) is 13.2 Å². The van der Waals surface area contributed by atoms with E-state index in [0.717, 1.165) is 17.8 Å². The average molecular weight is 385 g/mol. The summed E-state index contributed by atoms with van der Waals surface area (Å²) >= 11 is 1.10. The number of tetrazole rings is 1. The van der Waals surface area contributed by atoms with E-state index in [1.54, 1.807) is 19.9 Å². The maximum absolute atomic E-state index is 13.1. The molecule has 2 rings (SSSR count). The van der Waals surface area contributed by atoms with Gasteiger partial charge >= 0.3 is 6.18 Å². The standard InChI is InChI=1S/C16H18F3N5OS/c1-4-9-24-15(21-22-23-24)26-13(10(2)3)14(25)20-12-8-6-5-7-11(12)16(17,18)19/h4-8,10,13H,1,9H2,2-3H3,(H,20,25). The second-order valence-corrected chi connectivity index (χ2v) is 6.86. The number of nitrogens with one attached hydrogen (secondary N) is 1. The third-order valence-electron chi connectivity index (χ3n) is 3.39. The fourth-order valence-electron chi connectivity index (χ4n) is 2.17. The third kappa shape index (κ3) is 4.84. The zero-order valence-corrected chi connectivity index (χ0v) is 15.0. The van der Waals surface area contributed by atoms with Crippen molar-refractivity contribution in [1.29, 1.82) is 0 Å². The summed E-state index contributed by atoms with van der Waals surface area (Å²) in [5.74, 6) is -0.707. The minimum Gasteiger partial charge on any atom is -0.325 e. The highest BCUT2D eigenvalue weighted by molar-refractivity contribution is 8.00. The minimum absolute atomic E-state index is 0.160. The number of hydrogen-bond donors (Lipinski definition) is 1. The highest BCUT2D eigenvalue weighted by Gasteiger charge is 2.34. The molecule has 0 aliphatic rings. The van der Waals surface area contributed by atoms with Gasteiger partial charge in [-0.15, -0.1) is 11.7 Å². The van der Waals surface area contributed by atoms with E-state index in [1.165, 1.54) is 22.9 Å². The van der Waals surface area contributed by atoms with Gasteiger partial charge in [0, 0.05) is 0 Å². The van der Waals surface area contributed by atoms with Crippen LogP contribution in [0, 0.1) is 5.92 Å². The molecular weight excluding hydrogens is 367 g/mol. The summed E-state index contributed by atoms with van der Waals surface area (Å²) < 4.78 is 40.8. The quantitative estimate of drug-likeness (QED) is 0.582. The SMILES string of the molecule is C=CCn1nnnc1SC(C(=O)Nc1ccccc1C(F)(F)F)C(C)C. The van der Waals surface area contributed by atoms with E-state index in [9.17, 15) is 18.0 Å². The number of nitrogens with zero attached hydrogens (tertiary/aromatic N) is 4. The molecule has 26 heavy (non-hydrogen) atoms. The molecular formula is C16H18F3N5OS. The molecule has 1 unspecified atom stereocenters. The predicted octanol–water partition coefficient (Wildman–Crippen LogP) is 3.63. The second kappa shape index (κ2) is 8.35. The molecule has 1 heterocycles. The number of thioether (sulfide) groups is 1. The van der Waals surface area contributed by atoms with Gasteiger partial charge in [0.05, 0.1) is 23.0 Å². The lowest BCUT2D eigenvalue weighted by Gasteiger charge is -2.20. The topological polar surface area (TPSA) is 72.7 Å². The van der Waals surface area contributed by atoms with Crippen molar-refractivity contribution in [2.75, 3.05) is 5.32 Å². The Morgan fingerprint density at radius 3 is 2.69 bits per heavy atom. The summed E-state index contributed by atoms with van der Waals surface area (Å²) in [6.07, 6.45) is -2.96. The van der Waals surface area contributed by atoms with E-state index in [2.05, 4.69) is 27.4 Å². The van der Waals surface area contributed by atoms with Crippen molar-refractivity contribution in [3.8, 4) is 0 Å². The molecule has 0 radical (unpaired) electrons. The van der Waals surface area contributed by atoms with Crippen LogP contribution in [0.15, 0.2) is 42.1 Å². The maximum Gasteiger partial charge on any atom is 0.418 e. The monoisotopic (exact) mass is 385 g/mol. The first-order valence-corrected chi connectivity index (χ1v) is 8.62. The summed E-state index contributed by atoms with van der Waals surface area (Å²) in [5.41, 5.74) is -1.17. The molecule has 10 heteroatoms. The van der Waals surface area contributed by atoms with Crippen LogP contribution in [0.25, 0.3) is 0 Å². The molecule has 0 bridgehead atoms. The van der Waals surface area contributed by atoms with Crippen LogP contribution in [-0.2, 0) is 17.5 Å². The largest absolute Gasteiger partial charge is 0.418 e. The van der Waals surface area contributed by atoms with Gasteiger partial charge in [-0.1, -0.05) is 43.8 Å². The third-order valence-corrected chi connectivity index (χ3v) is 4.90. The fraction of sp³-hybridized carbons (Fsp3) is 0.375. The summed E-state index contributed by atoms with van der Waals surface area (Å²) in [7, 11) is 0. The zero-order valence-electron chi connectivity index (χ0n) is 14.2. The van der Waals surface area contributed by atoms with Crippen molar-refractivity contribution in [3.05, 3.63) is 42.5 Å². The van der Waals surface area contributed by atoms with Gasteiger partial charge in [0.15, 0.2) is 0 Å². The molecule has 0 aliphatic carbocycles. The maximum atomic E-state index is 13.1. The van der Waals surface area contributed by atoms with Gasteiger partial charge in [-0.3, -0.25) is 4.79 Å². The van der Waals surface area contributed by atoms with Gasteiger partial charge in [-0.25, -0.2) is 4.68 Å². The Labute approximate surface area is 152 Å². The Bertz CT molecular complexity index is 775. The highest BCUT2D eigenvalue weighted by atomic mass is 32.2. The average Bonchev–Trinajstić information content (AvgIpc) is 2.99. The summed E-state index contributed by atoms with van der Waals surface area (Å²) in [4.78, 5) is 12.6. The molecule has 1 amide bonds. The summed E-state index contributed by atoms with van der Waals surface area (Å²) in [6, 6.07) is 4.87. The zero-order chi connectivity index (χ0) is 19.3. The first kappa shape index (κ1) is 20.0. The molecule has 1 atom stereocenters. The fourth-order valence-corrected chi connectivity index (χ4v) is 3.15. The molecule has 2 aromatic rings. The van der Waals surface area contributed by atoms with E-state index >= 15 is 0 Å². The molecule has 0 saturated carbocycles. The molecule has 1 aromatic carbocycles. The van der Waals surface area contributed by atoms with Gasteiger partial charge in [-0.05, 0) is 28.5 Å². The first-order valence-electron chi connectivity index (χ1n) is 7.74.